The van der Waals surface area contributed by atoms with Crippen molar-refractivity contribution in [2.45, 2.75) is 6.54 Å². The summed E-state index contributed by atoms with van der Waals surface area (Å²) in [6.07, 6.45) is 0. The molecule has 0 bridgehead atoms. The fourth-order valence-electron chi connectivity index (χ4n) is 3.90. The minimum Gasteiger partial charge on any atom is -0.493 e. The number of carbonyl (C=O) groups excluding carboxylic acids is 1. The number of aromatic nitrogens is 1. The lowest BCUT2D eigenvalue weighted by molar-refractivity contribution is 0.0622. The van der Waals surface area contributed by atoms with E-state index in [0.29, 0.717) is 47.6 Å². The van der Waals surface area contributed by atoms with Crippen molar-refractivity contribution < 1.29 is 19.0 Å². The van der Waals surface area contributed by atoms with Gasteiger partial charge in [0, 0.05) is 54.3 Å². The van der Waals surface area contributed by atoms with Crippen LogP contribution >= 0.6 is 22.9 Å². The van der Waals surface area contributed by atoms with E-state index in [1.54, 1.807) is 21.3 Å². The third-order valence-corrected chi connectivity index (χ3v) is 6.80. The second-order valence-corrected chi connectivity index (χ2v) is 8.90. The molecular formula is C24H26ClN3O4S. The maximum absolute atomic E-state index is 13.0. The first-order valence-electron chi connectivity index (χ1n) is 10.5. The Labute approximate surface area is 202 Å². The molecule has 2 heterocycles. The molecule has 1 amide bonds. The van der Waals surface area contributed by atoms with Crippen molar-refractivity contribution in [2.24, 2.45) is 0 Å². The fourth-order valence-corrected chi connectivity index (χ4v) is 4.82. The number of ether oxygens (including phenoxy) is 3. The van der Waals surface area contributed by atoms with Gasteiger partial charge in [-0.3, -0.25) is 9.69 Å². The van der Waals surface area contributed by atoms with Crippen LogP contribution in [0.1, 0.15) is 16.1 Å². The van der Waals surface area contributed by atoms with Gasteiger partial charge in [-0.05, 0) is 18.2 Å². The summed E-state index contributed by atoms with van der Waals surface area (Å²) in [7, 11) is 4.84. The van der Waals surface area contributed by atoms with Gasteiger partial charge < -0.3 is 19.1 Å². The molecule has 0 N–H and O–H groups in total. The summed E-state index contributed by atoms with van der Waals surface area (Å²) in [5, 5.41) is 3.32. The van der Waals surface area contributed by atoms with Gasteiger partial charge >= 0.3 is 0 Å². The zero-order valence-corrected chi connectivity index (χ0v) is 20.4. The Morgan fingerprint density at radius 1 is 0.970 bits per heavy atom. The number of halogens is 1. The van der Waals surface area contributed by atoms with Gasteiger partial charge in [-0.2, -0.15) is 0 Å². The van der Waals surface area contributed by atoms with Crippen LogP contribution in [-0.2, 0) is 6.54 Å². The standard InChI is InChI=1S/C24H26ClN3O4S/c1-30-20-9-6-17(21(31-2)22(20)32-3)14-27-10-12-28(13-11-27)24(29)19-15-33-23(26-19)16-4-7-18(25)8-5-16/h4-9,15H,10-14H2,1-3H3. The zero-order valence-electron chi connectivity index (χ0n) is 18.8. The third kappa shape index (κ3) is 5.08. The van der Waals surface area contributed by atoms with Crippen molar-refractivity contribution in [3.8, 4) is 27.8 Å². The van der Waals surface area contributed by atoms with Crippen LogP contribution < -0.4 is 14.2 Å². The Kier molecular flexibility index (Phi) is 7.37. The quantitative estimate of drug-likeness (QED) is 0.490. The summed E-state index contributed by atoms with van der Waals surface area (Å²) in [6, 6.07) is 11.4. The van der Waals surface area contributed by atoms with Crippen LogP contribution in [0.25, 0.3) is 10.6 Å². The number of amides is 1. The number of piperazine rings is 1. The molecular weight excluding hydrogens is 462 g/mol. The highest BCUT2D eigenvalue weighted by Crippen LogP contribution is 2.40. The molecule has 174 valence electrons. The Morgan fingerprint density at radius 2 is 1.67 bits per heavy atom. The highest BCUT2D eigenvalue weighted by Gasteiger charge is 2.25. The second-order valence-electron chi connectivity index (χ2n) is 7.61. The van der Waals surface area contributed by atoms with Gasteiger partial charge in [-0.25, -0.2) is 4.98 Å². The Bertz CT molecular complexity index is 1110. The summed E-state index contributed by atoms with van der Waals surface area (Å²) in [4.78, 5) is 21.7. The summed E-state index contributed by atoms with van der Waals surface area (Å²) in [5.74, 6) is 1.86. The number of methoxy groups -OCH3 is 3. The van der Waals surface area contributed by atoms with E-state index in [4.69, 9.17) is 25.8 Å². The predicted octanol–water partition coefficient (Wildman–Crippen LogP) is 4.45. The number of hydrogen-bond donors (Lipinski definition) is 0. The van der Waals surface area contributed by atoms with Gasteiger partial charge in [0.1, 0.15) is 10.7 Å². The molecule has 7 nitrogen and oxygen atoms in total. The smallest absolute Gasteiger partial charge is 0.273 e. The first-order valence-corrected chi connectivity index (χ1v) is 11.8. The van der Waals surface area contributed by atoms with E-state index in [-0.39, 0.29) is 5.91 Å². The monoisotopic (exact) mass is 487 g/mol. The van der Waals surface area contributed by atoms with Gasteiger partial charge in [0.2, 0.25) is 5.75 Å². The van der Waals surface area contributed by atoms with Crippen LogP contribution in [0.3, 0.4) is 0 Å². The Morgan fingerprint density at radius 3 is 2.30 bits per heavy atom. The summed E-state index contributed by atoms with van der Waals surface area (Å²) in [5.41, 5.74) is 2.46. The van der Waals surface area contributed by atoms with Gasteiger partial charge in [0.05, 0.1) is 21.3 Å². The first kappa shape index (κ1) is 23.4. The molecule has 1 fully saturated rings. The molecule has 0 saturated carbocycles. The molecule has 9 heteroatoms. The molecule has 0 unspecified atom stereocenters. The van der Waals surface area contributed by atoms with Crippen LogP contribution in [0.15, 0.2) is 41.8 Å². The van der Waals surface area contributed by atoms with Gasteiger partial charge in [0.25, 0.3) is 5.91 Å². The lowest BCUT2D eigenvalue weighted by Gasteiger charge is -2.34. The van der Waals surface area contributed by atoms with Crippen LogP contribution in [0.5, 0.6) is 17.2 Å². The van der Waals surface area contributed by atoms with E-state index in [0.717, 1.165) is 29.2 Å². The number of thiazole rings is 1. The Hall–Kier alpha value is -2.81. The van der Waals surface area contributed by atoms with Gasteiger partial charge in [-0.1, -0.05) is 29.8 Å². The second kappa shape index (κ2) is 10.4. The van der Waals surface area contributed by atoms with Crippen LogP contribution in [0.2, 0.25) is 5.02 Å². The molecule has 1 aliphatic rings. The molecule has 3 aromatic rings. The number of hydrogen-bond acceptors (Lipinski definition) is 7. The third-order valence-electron chi connectivity index (χ3n) is 5.65. The minimum absolute atomic E-state index is 0.0326. The zero-order chi connectivity index (χ0) is 23.4. The number of carbonyl (C=O) groups is 1. The molecule has 0 spiro atoms. The number of rotatable bonds is 7. The SMILES string of the molecule is COc1ccc(CN2CCN(C(=O)c3csc(-c4ccc(Cl)cc4)n3)CC2)c(OC)c1OC. The lowest BCUT2D eigenvalue weighted by Crippen LogP contribution is -2.48. The molecule has 1 aliphatic heterocycles. The van der Waals surface area contributed by atoms with Crippen molar-refractivity contribution in [1.29, 1.82) is 0 Å². The van der Waals surface area contributed by atoms with Crippen molar-refractivity contribution >= 4 is 28.8 Å². The fraction of sp³-hybridized carbons (Fsp3) is 0.333. The molecule has 0 aliphatic carbocycles. The lowest BCUT2D eigenvalue weighted by atomic mass is 10.1. The minimum atomic E-state index is -0.0326. The van der Waals surface area contributed by atoms with E-state index in [2.05, 4.69) is 9.88 Å². The molecule has 2 aromatic carbocycles. The average Bonchev–Trinajstić information content (AvgIpc) is 3.34. The largest absolute Gasteiger partial charge is 0.493 e. The molecule has 0 radical (unpaired) electrons. The van der Waals surface area contributed by atoms with E-state index in [1.165, 1.54) is 11.3 Å². The van der Waals surface area contributed by atoms with Gasteiger partial charge in [0.15, 0.2) is 11.5 Å². The van der Waals surface area contributed by atoms with E-state index in [1.807, 2.05) is 46.7 Å². The highest BCUT2D eigenvalue weighted by molar-refractivity contribution is 7.13. The van der Waals surface area contributed by atoms with Crippen molar-refractivity contribution in [3.63, 3.8) is 0 Å². The molecule has 0 atom stereocenters. The maximum Gasteiger partial charge on any atom is 0.273 e. The summed E-state index contributed by atoms with van der Waals surface area (Å²) < 4.78 is 16.5. The Balaban J connectivity index is 1.38. The molecule has 1 saturated heterocycles. The predicted molar refractivity (Wildman–Crippen MR) is 130 cm³/mol. The van der Waals surface area contributed by atoms with Crippen LogP contribution in [0, 0.1) is 0 Å². The van der Waals surface area contributed by atoms with E-state index < -0.39 is 0 Å². The normalized spacial score (nSPS) is 14.2. The average molecular weight is 488 g/mol. The number of nitrogens with zero attached hydrogens (tertiary/aromatic N) is 3. The van der Waals surface area contributed by atoms with Crippen molar-refractivity contribution in [1.82, 2.24) is 14.8 Å². The molecule has 4 rings (SSSR count). The highest BCUT2D eigenvalue weighted by atomic mass is 35.5. The maximum atomic E-state index is 13.0. The van der Waals surface area contributed by atoms with Crippen molar-refractivity contribution in [2.75, 3.05) is 47.5 Å². The first-order chi connectivity index (χ1) is 16.0. The molecule has 1 aromatic heterocycles. The summed E-state index contributed by atoms with van der Waals surface area (Å²) >= 11 is 7.43. The summed E-state index contributed by atoms with van der Waals surface area (Å²) in [6.45, 7) is 3.50. The van der Waals surface area contributed by atoms with Gasteiger partial charge in [-0.15, -0.1) is 11.3 Å². The van der Waals surface area contributed by atoms with Crippen molar-refractivity contribution in [3.05, 3.63) is 58.1 Å². The molecule has 33 heavy (non-hydrogen) atoms. The van der Waals surface area contributed by atoms with Crippen LogP contribution in [-0.4, -0.2) is 68.2 Å². The van der Waals surface area contributed by atoms with E-state index >= 15 is 0 Å². The topological polar surface area (TPSA) is 64.1 Å². The van der Waals surface area contributed by atoms with E-state index in [9.17, 15) is 4.79 Å². The number of benzene rings is 2. The van der Waals surface area contributed by atoms with Crippen LogP contribution in [0.4, 0.5) is 0 Å².